The molecule has 1 saturated heterocycles. The molecule has 0 aromatic heterocycles. The number of aliphatic hydroxyl groups excluding tert-OH is 2. The minimum absolute atomic E-state index is 0.0725. The first-order chi connectivity index (χ1) is 21.8. The Labute approximate surface area is 272 Å². The van der Waals surface area contributed by atoms with Crippen LogP contribution in [0.2, 0.25) is 0 Å². The summed E-state index contributed by atoms with van der Waals surface area (Å²) in [5.74, 6) is -5.82. The lowest BCUT2D eigenvalue weighted by atomic mass is 9.99. The third-order valence-corrected chi connectivity index (χ3v) is 7.63. The van der Waals surface area contributed by atoms with Crippen molar-refractivity contribution in [1.29, 1.82) is 0 Å². The lowest BCUT2D eigenvalue weighted by Gasteiger charge is -2.31. The van der Waals surface area contributed by atoms with Gasteiger partial charge in [0, 0.05) is 6.42 Å². The molecule has 0 aliphatic carbocycles. The lowest BCUT2D eigenvalue weighted by molar-refractivity contribution is -0.157. The van der Waals surface area contributed by atoms with Crippen LogP contribution in [0.1, 0.15) is 92.9 Å². The van der Waals surface area contributed by atoms with E-state index in [1.165, 1.54) is 26.2 Å². The molecule has 0 radical (unpaired) electrons. The smallest absolute Gasteiger partial charge is 0.329 e. The zero-order valence-corrected chi connectivity index (χ0v) is 28.1. The molecule has 14 heteroatoms. The van der Waals surface area contributed by atoms with Gasteiger partial charge in [-0.1, -0.05) is 66.0 Å². The summed E-state index contributed by atoms with van der Waals surface area (Å²) >= 11 is 0. The molecule has 1 aliphatic heterocycles. The van der Waals surface area contributed by atoms with E-state index in [0.29, 0.717) is 12.8 Å². The van der Waals surface area contributed by atoms with Crippen LogP contribution in [0.5, 0.6) is 0 Å². The summed E-state index contributed by atoms with van der Waals surface area (Å²) in [5, 5.41) is 32.0. The SMILES string of the molecule is CCCCCC/C=C\CCCC(=O)N[C@@H]1C(=O)N[C@H](CO)C(=O)N[C@@H](CO)C(=O)N[C@H](C(C)C)C(=O)NC(C(C)C)C(=O)O[C@@H]1C. The fourth-order valence-corrected chi connectivity index (χ4v) is 4.72. The maximum atomic E-state index is 13.4. The standard InChI is InChI=1S/C32H55N5O9/c1-7-8-9-10-11-12-13-14-15-16-24(40)35-27-21(6)46-32(45)26(20(4)5)37-30(43)25(19(2)3)36-29(42)23(18-39)33-28(41)22(17-38)34-31(27)44/h12-13,19-23,25-27,38-39H,7-11,14-18H2,1-6H3,(H,33,41)(H,34,44)(H,35,40)(H,36,42)(H,37,43)/b13-12-/t21-,22-,23+,25-,26?,27+/m1/s1. The second kappa shape index (κ2) is 21.3. The highest BCUT2D eigenvalue weighted by Gasteiger charge is 2.38. The number of ether oxygens (including phenoxy) is 1. The monoisotopic (exact) mass is 653 g/mol. The van der Waals surface area contributed by atoms with Crippen molar-refractivity contribution >= 4 is 35.5 Å². The minimum atomic E-state index is -1.58. The second-order valence-corrected chi connectivity index (χ2v) is 12.3. The highest BCUT2D eigenvalue weighted by atomic mass is 16.5. The van der Waals surface area contributed by atoms with Crippen LogP contribution in [0.25, 0.3) is 0 Å². The van der Waals surface area contributed by atoms with Gasteiger partial charge >= 0.3 is 5.97 Å². The Balaban J connectivity index is 3.24. The maximum Gasteiger partial charge on any atom is 0.329 e. The second-order valence-electron chi connectivity index (χ2n) is 12.3. The molecule has 1 aliphatic rings. The fraction of sp³-hybridized carbons (Fsp3) is 0.750. The molecule has 1 heterocycles. The maximum absolute atomic E-state index is 13.4. The first-order valence-corrected chi connectivity index (χ1v) is 16.3. The Hall–Kier alpha value is -3.52. The summed E-state index contributed by atoms with van der Waals surface area (Å²) in [6, 6.07) is -6.89. The Morgan fingerprint density at radius 3 is 1.83 bits per heavy atom. The summed E-state index contributed by atoms with van der Waals surface area (Å²) in [6.45, 7) is 8.48. The van der Waals surface area contributed by atoms with Gasteiger partial charge in [0.1, 0.15) is 36.3 Å². The van der Waals surface area contributed by atoms with Crippen molar-refractivity contribution in [3.05, 3.63) is 12.2 Å². The van der Waals surface area contributed by atoms with E-state index in [2.05, 4.69) is 39.6 Å². The molecule has 1 unspecified atom stereocenters. The van der Waals surface area contributed by atoms with E-state index in [1.807, 2.05) is 6.08 Å². The number of rotatable bonds is 14. The largest absolute Gasteiger partial charge is 0.458 e. The molecule has 6 atom stereocenters. The van der Waals surface area contributed by atoms with E-state index in [9.17, 15) is 39.0 Å². The molecule has 0 bridgehead atoms. The molecule has 1 rings (SSSR count). The van der Waals surface area contributed by atoms with E-state index in [1.54, 1.807) is 27.7 Å². The zero-order chi connectivity index (χ0) is 34.8. The molecule has 0 aromatic carbocycles. The number of aliphatic hydroxyl groups is 2. The summed E-state index contributed by atoms with van der Waals surface area (Å²) in [5.41, 5.74) is 0. The number of hydrogen-bond acceptors (Lipinski definition) is 9. The summed E-state index contributed by atoms with van der Waals surface area (Å²) in [6.07, 6.45) is 9.70. The van der Waals surface area contributed by atoms with Gasteiger partial charge in [-0.25, -0.2) is 4.79 Å². The summed E-state index contributed by atoms with van der Waals surface area (Å²) in [7, 11) is 0. The van der Waals surface area contributed by atoms with Crippen molar-refractivity contribution in [1.82, 2.24) is 26.6 Å². The number of carbonyl (C=O) groups excluding carboxylic acids is 6. The Morgan fingerprint density at radius 1 is 0.761 bits per heavy atom. The van der Waals surface area contributed by atoms with E-state index >= 15 is 0 Å². The molecule has 0 aromatic rings. The normalized spacial score (nSPS) is 25.6. The zero-order valence-electron chi connectivity index (χ0n) is 28.1. The fourth-order valence-electron chi connectivity index (χ4n) is 4.72. The van der Waals surface area contributed by atoms with Crippen LogP contribution in [0, 0.1) is 11.8 Å². The first kappa shape index (κ1) is 40.5. The predicted octanol–water partition coefficient (Wildman–Crippen LogP) is 0.349. The van der Waals surface area contributed by atoms with Crippen molar-refractivity contribution in [3.8, 4) is 0 Å². The molecule has 46 heavy (non-hydrogen) atoms. The summed E-state index contributed by atoms with van der Waals surface area (Å²) in [4.78, 5) is 78.7. The Kier molecular flexibility index (Phi) is 18.8. The molecule has 14 nitrogen and oxygen atoms in total. The minimum Gasteiger partial charge on any atom is -0.458 e. The van der Waals surface area contributed by atoms with Crippen LogP contribution in [-0.4, -0.2) is 95.2 Å². The number of amides is 5. The molecule has 1 fully saturated rings. The third kappa shape index (κ3) is 13.9. The van der Waals surface area contributed by atoms with Gasteiger partial charge in [0.05, 0.1) is 13.2 Å². The molecule has 5 amide bonds. The van der Waals surface area contributed by atoms with Gasteiger partial charge in [-0.2, -0.15) is 0 Å². The highest BCUT2D eigenvalue weighted by Crippen LogP contribution is 2.12. The number of cyclic esters (lactones) is 1. The Bertz CT molecular complexity index is 1050. The van der Waals surface area contributed by atoms with Crippen LogP contribution in [0.4, 0.5) is 0 Å². The number of carbonyl (C=O) groups is 6. The number of hydrogen-bond donors (Lipinski definition) is 7. The van der Waals surface area contributed by atoms with Crippen molar-refractivity contribution < 1.29 is 43.7 Å². The molecular formula is C32H55N5O9. The van der Waals surface area contributed by atoms with E-state index < -0.39 is 96.9 Å². The van der Waals surface area contributed by atoms with Crippen LogP contribution in [0.15, 0.2) is 12.2 Å². The lowest BCUT2D eigenvalue weighted by Crippen LogP contribution is -2.63. The molecule has 0 saturated carbocycles. The van der Waals surface area contributed by atoms with Crippen LogP contribution in [-0.2, 0) is 33.5 Å². The van der Waals surface area contributed by atoms with Gasteiger partial charge in [0.25, 0.3) is 0 Å². The van der Waals surface area contributed by atoms with E-state index in [-0.39, 0.29) is 6.42 Å². The van der Waals surface area contributed by atoms with E-state index in [0.717, 1.165) is 12.8 Å². The van der Waals surface area contributed by atoms with Gasteiger partial charge in [0.15, 0.2) is 0 Å². The average molecular weight is 654 g/mol. The number of allylic oxidation sites excluding steroid dienone is 2. The van der Waals surface area contributed by atoms with Gasteiger partial charge in [0.2, 0.25) is 29.5 Å². The van der Waals surface area contributed by atoms with Gasteiger partial charge in [-0.05, 0) is 44.4 Å². The van der Waals surface area contributed by atoms with Crippen LogP contribution in [0.3, 0.4) is 0 Å². The van der Waals surface area contributed by atoms with Gasteiger partial charge < -0.3 is 41.5 Å². The van der Waals surface area contributed by atoms with Gasteiger partial charge in [-0.3, -0.25) is 24.0 Å². The van der Waals surface area contributed by atoms with Crippen LogP contribution >= 0.6 is 0 Å². The van der Waals surface area contributed by atoms with Crippen molar-refractivity contribution in [3.63, 3.8) is 0 Å². The van der Waals surface area contributed by atoms with Crippen LogP contribution < -0.4 is 26.6 Å². The number of unbranched alkanes of at least 4 members (excludes halogenated alkanes) is 5. The average Bonchev–Trinajstić information content (AvgIpc) is 3.00. The Morgan fingerprint density at radius 2 is 1.28 bits per heavy atom. The topological polar surface area (TPSA) is 212 Å². The summed E-state index contributed by atoms with van der Waals surface area (Å²) < 4.78 is 5.58. The highest BCUT2D eigenvalue weighted by molar-refractivity contribution is 5.96. The van der Waals surface area contributed by atoms with Crippen molar-refractivity contribution in [2.45, 2.75) is 129 Å². The van der Waals surface area contributed by atoms with Crippen molar-refractivity contribution in [2.24, 2.45) is 11.8 Å². The van der Waals surface area contributed by atoms with E-state index in [4.69, 9.17) is 4.74 Å². The molecule has 0 spiro atoms. The van der Waals surface area contributed by atoms with Crippen molar-refractivity contribution in [2.75, 3.05) is 13.2 Å². The third-order valence-electron chi connectivity index (χ3n) is 7.63. The molecular weight excluding hydrogens is 598 g/mol. The molecule has 7 N–H and O–H groups in total. The number of esters is 1. The molecule has 262 valence electrons. The quantitative estimate of drug-likeness (QED) is 0.0782. The van der Waals surface area contributed by atoms with Gasteiger partial charge in [-0.15, -0.1) is 0 Å². The first-order valence-electron chi connectivity index (χ1n) is 16.3. The number of nitrogens with one attached hydrogen (secondary N) is 5. The predicted molar refractivity (Wildman–Crippen MR) is 171 cm³/mol.